The standard InChI is InChI=1S/C13H22O/c1-5-11(3)7-9-13(14)10-8-12(4)6-2/h5-6,11-12H,1-2,7-10H2,3-4H3. The SMILES string of the molecule is C=CC(C)CCC(=O)CCC(C)C=C. The molecule has 0 spiro atoms. The fraction of sp³-hybridized carbons (Fsp3) is 0.615. The van der Waals surface area contributed by atoms with Crippen molar-refractivity contribution in [2.45, 2.75) is 39.5 Å². The summed E-state index contributed by atoms with van der Waals surface area (Å²) in [5, 5.41) is 0. The van der Waals surface area contributed by atoms with Gasteiger partial charge in [0.25, 0.3) is 0 Å². The van der Waals surface area contributed by atoms with Crippen molar-refractivity contribution in [2.75, 3.05) is 0 Å². The van der Waals surface area contributed by atoms with Crippen LogP contribution >= 0.6 is 0 Å². The monoisotopic (exact) mass is 194 g/mol. The Balaban J connectivity index is 3.55. The Morgan fingerprint density at radius 1 is 1.07 bits per heavy atom. The second-order valence-corrected chi connectivity index (χ2v) is 4.04. The smallest absolute Gasteiger partial charge is 0.132 e. The van der Waals surface area contributed by atoms with E-state index in [2.05, 4.69) is 27.0 Å². The molecule has 0 N–H and O–H groups in total. The average molecular weight is 194 g/mol. The first-order valence-electron chi connectivity index (χ1n) is 5.37. The molecular formula is C13H22O. The summed E-state index contributed by atoms with van der Waals surface area (Å²) in [5.74, 6) is 1.28. The summed E-state index contributed by atoms with van der Waals surface area (Å²) in [4.78, 5) is 11.4. The van der Waals surface area contributed by atoms with Crippen LogP contribution in [0.4, 0.5) is 0 Å². The molecule has 0 fully saturated rings. The van der Waals surface area contributed by atoms with Gasteiger partial charge in [-0.3, -0.25) is 4.79 Å². The minimum atomic E-state index is 0.368. The lowest BCUT2D eigenvalue weighted by Gasteiger charge is -2.06. The van der Waals surface area contributed by atoms with Gasteiger partial charge in [-0.05, 0) is 24.7 Å². The van der Waals surface area contributed by atoms with E-state index in [0.29, 0.717) is 30.5 Å². The highest BCUT2D eigenvalue weighted by Crippen LogP contribution is 2.11. The first-order chi connectivity index (χ1) is 6.60. The number of ketones is 1. The van der Waals surface area contributed by atoms with Crippen molar-refractivity contribution in [3.8, 4) is 0 Å². The van der Waals surface area contributed by atoms with Gasteiger partial charge in [-0.15, -0.1) is 13.2 Å². The quantitative estimate of drug-likeness (QED) is 0.538. The molecule has 0 saturated carbocycles. The van der Waals surface area contributed by atoms with Crippen LogP contribution in [0.5, 0.6) is 0 Å². The number of rotatable bonds is 8. The van der Waals surface area contributed by atoms with Crippen LogP contribution in [0.3, 0.4) is 0 Å². The van der Waals surface area contributed by atoms with Crippen LogP contribution < -0.4 is 0 Å². The number of allylic oxidation sites excluding steroid dienone is 2. The van der Waals surface area contributed by atoms with Gasteiger partial charge in [0.2, 0.25) is 0 Å². The first kappa shape index (κ1) is 13.2. The average Bonchev–Trinajstić information content (AvgIpc) is 2.22. The normalized spacial score (nSPS) is 14.4. The molecule has 1 nitrogen and oxygen atoms in total. The van der Waals surface area contributed by atoms with Crippen molar-refractivity contribution in [3.63, 3.8) is 0 Å². The lowest BCUT2D eigenvalue weighted by atomic mass is 9.98. The van der Waals surface area contributed by atoms with E-state index >= 15 is 0 Å². The molecule has 0 aromatic rings. The highest BCUT2D eigenvalue weighted by Gasteiger charge is 2.06. The number of hydrogen-bond donors (Lipinski definition) is 0. The van der Waals surface area contributed by atoms with Gasteiger partial charge < -0.3 is 0 Å². The van der Waals surface area contributed by atoms with Crippen molar-refractivity contribution < 1.29 is 4.79 Å². The molecule has 0 rings (SSSR count). The fourth-order valence-corrected chi connectivity index (χ4v) is 1.14. The predicted octanol–water partition coefficient (Wildman–Crippen LogP) is 3.76. The van der Waals surface area contributed by atoms with Crippen molar-refractivity contribution in [1.29, 1.82) is 0 Å². The Morgan fingerprint density at radius 2 is 1.43 bits per heavy atom. The molecule has 0 aliphatic rings. The maximum atomic E-state index is 11.4. The van der Waals surface area contributed by atoms with Crippen LogP contribution in [-0.4, -0.2) is 5.78 Å². The van der Waals surface area contributed by atoms with E-state index in [0.717, 1.165) is 12.8 Å². The van der Waals surface area contributed by atoms with Crippen LogP contribution in [0.2, 0.25) is 0 Å². The molecule has 1 heteroatoms. The fourth-order valence-electron chi connectivity index (χ4n) is 1.14. The van der Waals surface area contributed by atoms with Gasteiger partial charge in [0, 0.05) is 12.8 Å². The van der Waals surface area contributed by atoms with Gasteiger partial charge in [0.15, 0.2) is 0 Å². The van der Waals surface area contributed by atoms with Crippen LogP contribution in [-0.2, 0) is 4.79 Å². The minimum absolute atomic E-state index is 0.368. The van der Waals surface area contributed by atoms with Gasteiger partial charge in [-0.1, -0.05) is 26.0 Å². The molecule has 0 aromatic heterocycles. The molecule has 0 radical (unpaired) electrons. The summed E-state index contributed by atoms with van der Waals surface area (Å²) < 4.78 is 0. The van der Waals surface area contributed by atoms with Crippen molar-refractivity contribution in [1.82, 2.24) is 0 Å². The van der Waals surface area contributed by atoms with Gasteiger partial charge in [-0.2, -0.15) is 0 Å². The molecule has 0 amide bonds. The third-order valence-electron chi connectivity index (χ3n) is 2.56. The molecule has 0 aliphatic carbocycles. The Kier molecular flexibility index (Phi) is 7.09. The van der Waals surface area contributed by atoms with E-state index in [4.69, 9.17) is 0 Å². The molecule has 0 aromatic carbocycles. The van der Waals surface area contributed by atoms with E-state index in [-0.39, 0.29) is 0 Å². The number of Topliss-reactive ketones (excluding diaryl/α,β-unsaturated/α-hetero) is 1. The summed E-state index contributed by atoms with van der Waals surface area (Å²) in [7, 11) is 0. The Labute approximate surface area is 87.9 Å². The number of carbonyl (C=O) groups excluding carboxylic acids is 1. The van der Waals surface area contributed by atoms with Gasteiger partial charge in [0.05, 0.1) is 0 Å². The van der Waals surface area contributed by atoms with Crippen LogP contribution in [0.25, 0.3) is 0 Å². The molecule has 14 heavy (non-hydrogen) atoms. The second kappa shape index (κ2) is 7.54. The summed E-state index contributed by atoms with van der Waals surface area (Å²) in [5.41, 5.74) is 0. The first-order valence-corrected chi connectivity index (χ1v) is 5.37. The van der Waals surface area contributed by atoms with Gasteiger partial charge >= 0.3 is 0 Å². The highest BCUT2D eigenvalue weighted by atomic mass is 16.1. The molecule has 2 atom stereocenters. The van der Waals surface area contributed by atoms with Gasteiger partial charge in [0.1, 0.15) is 5.78 Å². The van der Waals surface area contributed by atoms with E-state index in [1.807, 2.05) is 12.2 Å². The maximum Gasteiger partial charge on any atom is 0.132 e. The maximum absolute atomic E-state index is 11.4. The zero-order valence-electron chi connectivity index (χ0n) is 9.46. The Morgan fingerprint density at radius 3 is 1.71 bits per heavy atom. The molecule has 80 valence electrons. The number of carbonyl (C=O) groups is 1. The van der Waals surface area contributed by atoms with Crippen molar-refractivity contribution >= 4 is 5.78 Å². The molecular weight excluding hydrogens is 172 g/mol. The van der Waals surface area contributed by atoms with Gasteiger partial charge in [-0.25, -0.2) is 0 Å². The largest absolute Gasteiger partial charge is 0.300 e. The third kappa shape index (κ3) is 6.64. The number of hydrogen-bond acceptors (Lipinski definition) is 1. The topological polar surface area (TPSA) is 17.1 Å². The zero-order valence-corrected chi connectivity index (χ0v) is 9.46. The Hall–Kier alpha value is -0.850. The zero-order chi connectivity index (χ0) is 11.0. The highest BCUT2D eigenvalue weighted by molar-refractivity contribution is 5.78. The van der Waals surface area contributed by atoms with Crippen LogP contribution in [0.15, 0.2) is 25.3 Å². The lowest BCUT2D eigenvalue weighted by Crippen LogP contribution is -2.02. The van der Waals surface area contributed by atoms with Crippen molar-refractivity contribution in [2.24, 2.45) is 11.8 Å². The molecule has 0 bridgehead atoms. The molecule has 0 aliphatic heterocycles. The summed E-state index contributed by atoms with van der Waals surface area (Å²) in [6.07, 6.45) is 7.06. The van der Waals surface area contributed by atoms with E-state index in [9.17, 15) is 4.79 Å². The van der Waals surface area contributed by atoms with Crippen molar-refractivity contribution in [3.05, 3.63) is 25.3 Å². The van der Waals surface area contributed by atoms with E-state index < -0.39 is 0 Å². The van der Waals surface area contributed by atoms with Crippen LogP contribution in [0, 0.1) is 11.8 Å². The minimum Gasteiger partial charge on any atom is -0.300 e. The van der Waals surface area contributed by atoms with E-state index in [1.165, 1.54) is 0 Å². The van der Waals surface area contributed by atoms with Crippen LogP contribution in [0.1, 0.15) is 39.5 Å². The summed E-state index contributed by atoms with van der Waals surface area (Å²) in [6, 6.07) is 0. The molecule has 2 unspecified atom stereocenters. The summed E-state index contributed by atoms with van der Waals surface area (Å²) in [6.45, 7) is 11.6. The lowest BCUT2D eigenvalue weighted by molar-refractivity contribution is -0.119. The Bertz CT molecular complexity index is 173. The summed E-state index contributed by atoms with van der Waals surface area (Å²) >= 11 is 0. The van der Waals surface area contributed by atoms with E-state index in [1.54, 1.807) is 0 Å². The molecule has 0 heterocycles. The predicted molar refractivity (Wildman–Crippen MR) is 62.2 cm³/mol. The molecule has 0 saturated heterocycles. The third-order valence-corrected chi connectivity index (χ3v) is 2.56. The second-order valence-electron chi connectivity index (χ2n) is 4.04.